The maximum Gasteiger partial charge on any atom is 0.417 e. The van der Waals surface area contributed by atoms with Crippen LogP contribution in [0, 0.1) is 18.3 Å². The Bertz CT molecular complexity index is 668. The zero-order valence-electron chi connectivity index (χ0n) is 10.6. The SMILES string of the molecule is Cc1nn(C)c(Sc2ccc(C(F)(F)F)cn2)c1C#N. The van der Waals surface area contributed by atoms with Crippen molar-refractivity contribution in [2.24, 2.45) is 7.05 Å². The van der Waals surface area contributed by atoms with Crippen LogP contribution in [0.15, 0.2) is 28.4 Å². The predicted octanol–water partition coefficient (Wildman–Crippen LogP) is 3.17. The van der Waals surface area contributed by atoms with Gasteiger partial charge in [0, 0.05) is 13.2 Å². The van der Waals surface area contributed by atoms with E-state index in [9.17, 15) is 13.2 Å². The summed E-state index contributed by atoms with van der Waals surface area (Å²) in [6.07, 6.45) is -3.63. The minimum Gasteiger partial charge on any atom is -0.260 e. The normalized spacial score (nSPS) is 11.4. The van der Waals surface area contributed by atoms with Gasteiger partial charge in [-0.3, -0.25) is 4.68 Å². The van der Waals surface area contributed by atoms with Gasteiger partial charge < -0.3 is 0 Å². The summed E-state index contributed by atoms with van der Waals surface area (Å²) in [6.45, 7) is 1.70. The number of nitriles is 1. The molecule has 0 amide bonds. The maximum absolute atomic E-state index is 12.4. The third kappa shape index (κ3) is 2.77. The first kappa shape index (κ1) is 14.4. The fourth-order valence-corrected chi connectivity index (χ4v) is 2.50. The number of aryl methyl sites for hydroxylation is 2. The lowest BCUT2D eigenvalue weighted by molar-refractivity contribution is -0.137. The van der Waals surface area contributed by atoms with Crippen molar-refractivity contribution in [1.82, 2.24) is 14.8 Å². The predicted molar refractivity (Wildman–Crippen MR) is 66.0 cm³/mol. The van der Waals surface area contributed by atoms with Crippen molar-refractivity contribution in [3.05, 3.63) is 35.2 Å². The van der Waals surface area contributed by atoms with Gasteiger partial charge in [-0.1, -0.05) is 0 Å². The first-order valence-corrected chi connectivity index (χ1v) is 6.29. The molecule has 2 aromatic rings. The summed E-state index contributed by atoms with van der Waals surface area (Å²) in [5.41, 5.74) is 0.173. The molecule has 0 aliphatic carbocycles. The van der Waals surface area contributed by atoms with Crippen molar-refractivity contribution in [2.45, 2.75) is 23.2 Å². The maximum atomic E-state index is 12.4. The van der Waals surface area contributed by atoms with Gasteiger partial charge in [-0.05, 0) is 30.8 Å². The molecular weight excluding hydrogens is 289 g/mol. The molecule has 0 fully saturated rings. The van der Waals surface area contributed by atoms with Crippen molar-refractivity contribution < 1.29 is 13.2 Å². The summed E-state index contributed by atoms with van der Waals surface area (Å²) >= 11 is 1.11. The molecular formula is C12H9F3N4S. The Morgan fingerprint density at radius 1 is 1.35 bits per heavy atom. The van der Waals surface area contributed by atoms with Crippen LogP contribution in [0.5, 0.6) is 0 Å². The second-order valence-corrected chi connectivity index (χ2v) is 5.00. The molecule has 0 saturated heterocycles. The molecule has 0 aliphatic rings. The van der Waals surface area contributed by atoms with Gasteiger partial charge in [-0.25, -0.2) is 4.98 Å². The number of pyridine rings is 1. The summed E-state index contributed by atoms with van der Waals surface area (Å²) in [6, 6.07) is 4.27. The third-order valence-corrected chi connectivity index (χ3v) is 3.66. The van der Waals surface area contributed by atoms with Crippen molar-refractivity contribution in [3.8, 4) is 6.07 Å². The van der Waals surface area contributed by atoms with Crippen LogP contribution in [0.3, 0.4) is 0 Å². The van der Waals surface area contributed by atoms with Gasteiger partial charge in [-0.15, -0.1) is 0 Å². The van der Waals surface area contributed by atoms with Gasteiger partial charge in [0.1, 0.15) is 21.7 Å². The van der Waals surface area contributed by atoms with Gasteiger partial charge in [0.2, 0.25) is 0 Å². The minimum atomic E-state index is -4.41. The Morgan fingerprint density at radius 3 is 2.55 bits per heavy atom. The highest BCUT2D eigenvalue weighted by molar-refractivity contribution is 7.99. The molecule has 0 radical (unpaired) electrons. The smallest absolute Gasteiger partial charge is 0.260 e. The number of hydrogen-bond donors (Lipinski definition) is 0. The third-order valence-electron chi connectivity index (χ3n) is 2.55. The lowest BCUT2D eigenvalue weighted by Gasteiger charge is -2.06. The zero-order valence-corrected chi connectivity index (χ0v) is 11.4. The molecule has 4 nitrogen and oxygen atoms in total. The Balaban J connectivity index is 2.30. The van der Waals surface area contributed by atoms with E-state index in [1.54, 1.807) is 14.0 Å². The highest BCUT2D eigenvalue weighted by atomic mass is 32.2. The average Bonchev–Trinajstić information content (AvgIpc) is 2.63. The Hall–Kier alpha value is -2.01. The van der Waals surface area contributed by atoms with E-state index in [2.05, 4.69) is 10.1 Å². The minimum absolute atomic E-state index is 0.373. The van der Waals surface area contributed by atoms with E-state index in [1.165, 1.54) is 10.7 Å². The lowest BCUT2D eigenvalue weighted by Crippen LogP contribution is -2.05. The van der Waals surface area contributed by atoms with Crippen LogP contribution in [0.2, 0.25) is 0 Å². The van der Waals surface area contributed by atoms with E-state index < -0.39 is 11.7 Å². The van der Waals surface area contributed by atoms with E-state index in [0.29, 0.717) is 21.3 Å². The molecule has 2 aromatic heterocycles. The molecule has 0 aliphatic heterocycles. The quantitative estimate of drug-likeness (QED) is 0.854. The van der Waals surface area contributed by atoms with Crippen LogP contribution < -0.4 is 0 Å². The van der Waals surface area contributed by atoms with Gasteiger partial charge in [-0.2, -0.15) is 23.5 Å². The van der Waals surface area contributed by atoms with Crippen LogP contribution in [0.1, 0.15) is 16.8 Å². The average molecular weight is 298 g/mol. The molecule has 0 saturated carbocycles. The summed E-state index contributed by atoms with van der Waals surface area (Å²) in [7, 11) is 1.67. The Morgan fingerprint density at radius 2 is 2.05 bits per heavy atom. The second kappa shape index (κ2) is 5.17. The highest BCUT2D eigenvalue weighted by Gasteiger charge is 2.30. The summed E-state index contributed by atoms with van der Waals surface area (Å²) in [5, 5.41) is 14.1. The molecule has 0 atom stereocenters. The fourth-order valence-electron chi connectivity index (χ4n) is 1.59. The molecule has 8 heteroatoms. The van der Waals surface area contributed by atoms with Crippen LogP contribution in [0.25, 0.3) is 0 Å². The Kier molecular flexibility index (Phi) is 3.72. The Labute approximate surface area is 117 Å². The largest absolute Gasteiger partial charge is 0.417 e. The second-order valence-electron chi connectivity index (χ2n) is 3.99. The monoisotopic (exact) mass is 298 g/mol. The number of aromatic nitrogens is 3. The van der Waals surface area contributed by atoms with E-state index in [0.717, 1.165) is 24.0 Å². The molecule has 0 unspecified atom stereocenters. The number of rotatable bonds is 2. The molecule has 0 spiro atoms. The zero-order chi connectivity index (χ0) is 14.9. The molecule has 104 valence electrons. The van der Waals surface area contributed by atoms with Crippen LogP contribution in [-0.2, 0) is 13.2 Å². The van der Waals surface area contributed by atoms with Crippen molar-refractivity contribution in [3.63, 3.8) is 0 Å². The van der Waals surface area contributed by atoms with E-state index in [-0.39, 0.29) is 0 Å². The van der Waals surface area contributed by atoms with Gasteiger partial charge in [0.25, 0.3) is 0 Å². The van der Waals surface area contributed by atoms with Crippen LogP contribution in [0.4, 0.5) is 13.2 Å². The molecule has 2 rings (SSSR count). The topological polar surface area (TPSA) is 54.5 Å². The number of halogens is 3. The van der Waals surface area contributed by atoms with E-state index in [4.69, 9.17) is 5.26 Å². The highest BCUT2D eigenvalue weighted by Crippen LogP contribution is 2.33. The van der Waals surface area contributed by atoms with Crippen molar-refractivity contribution >= 4 is 11.8 Å². The number of nitrogens with zero attached hydrogens (tertiary/aromatic N) is 4. The molecule has 2 heterocycles. The van der Waals surface area contributed by atoms with Gasteiger partial charge >= 0.3 is 6.18 Å². The van der Waals surface area contributed by atoms with E-state index in [1.807, 2.05) is 6.07 Å². The molecule has 0 N–H and O–H groups in total. The fraction of sp³-hybridized carbons (Fsp3) is 0.250. The molecule has 0 aromatic carbocycles. The molecule has 20 heavy (non-hydrogen) atoms. The number of alkyl halides is 3. The van der Waals surface area contributed by atoms with Crippen molar-refractivity contribution in [1.29, 1.82) is 5.26 Å². The lowest BCUT2D eigenvalue weighted by atomic mass is 10.3. The molecule has 0 bridgehead atoms. The van der Waals surface area contributed by atoms with Crippen LogP contribution in [-0.4, -0.2) is 14.8 Å². The number of hydrogen-bond acceptors (Lipinski definition) is 4. The summed E-state index contributed by atoms with van der Waals surface area (Å²) in [4.78, 5) is 3.76. The van der Waals surface area contributed by atoms with E-state index >= 15 is 0 Å². The first-order chi connectivity index (χ1) is 9.32. The van der Waals surface area contributed by atoms with Gasteiger partial charge in [0.05, 0.1) is 11.3 Å². The first-order valence-electron chi connectivity index (χ1n) is 5.47. The standard InChI is InChI=1S/C12H9F3N4S/c1-7-9(5-16)11(19(2)18-7)20-10-4-3-8(6-17-10)12(13,14)15/h3-4,6H,1-2H3. The summed E-state index contributed by atoms with van der Waals surface area (Å²) in [5.74, 6) is 0. The summed E-state index contributed by atoms with van der Waals surface area (Å²) < 4.78 is 38.8. The van der Waals surface area contributed by atoms with Crippen LogP contribution >= 0.6 is 11.8 Å². The van der Waals surface area contributed by atoms with Gasteiger partial charge in [0.15, 0.2) is 0 Å². The van der Waals surface area contributed by atoms with Crippen molar-refractivity contribution in [2.75, 3.05) is 0 Å².